The summed E-state index contributed by atoms with van der Waals surface area (Å²) >= 11 is 6.54. The van der Waals surface area contributed by atoms with Gasteiger partial charge in [-0.15, -0.1) is 0 Å². The van der Waals surface area contributed by atoms with Crippen LogP contribution < -0.4 is 0 Å². The molecule has 4 bridgehead atoms. The van der Waals surface area contributed by atoms with Crippen LogP contribution in [0, 0.1) is 50.1 Å². The predicted molar refractivity (Wildman–Crippen MR) is 228 cm³/mol. The lowest BCUT2D eigenvalue weighted by Gasteiger charge is -2.71. The van der Waals surface area contributed by atoms with Gasteiger partial charge in [0, 0.05) is 50.8 Å². The quantitative estimate of drug-likeness (QED) is 0.173. The minimum Gasteiger partial charge on any atom is -0.448 e. The summed E-state index contributed by atoms with van der Waals surface area (Å²) in [6, 6.07) is 18.7. The molecule has 3 aromatic carbocycles. The van der Waals surface area contributed by atoms with Crippen molar-refractivity contribution in [1.29, 1.82) is 0 Å². The second kappa shape index (κ2) is 12.9. The molecule has 316 valence electrons. The fourth-order valence-electron chi connectivity index (χ4n) is 14.7. The Bertz CT molecular complexity index is 2420. The topological polar surface area (TPSA) is 104 Å². The number of aliphatic hydroxyl groups excluding tert-OH is 1. The molecule has 1 unspecified atom stereocenters. The number of allylic oxidation sites excluding steroid dienone is 4. The first-order valence-corrected chi connectivity index (χ1v) is 22.5. The Morgan fingerprint density at radius 3 is 2.30 bits per heavy atom. The number of esters is 1. The van der Waals surface area contributed by atoms with Crippen LogP contribution in [0.15, 0.2) is 84.5 Å². The van der Waals surface area contributed by atoms with Crippen molar-refractivity contribution < 1.29 is 33.7 Å². The van der Waals surface area contributed by atoms with Gasteiger partial charge >= 0.3 is 5.97 Å². The van der Waals surface area contributed by atoms with Gasteiger partial charge in [-0.1, -0.05) is 106 Å². The third-order valence-corrected chi connectivity index (χ3v) is 19.2. The highest BCUT2D eigenvalue weighted by Crippen LogP contribution is 2.78. The van der Waals surface area contributed by atoms with Crippen molar-refractivity contribution in [3.63, 3.8) is 0 Å². The summed E-state index contributed by atoms with van der Waals surface area (Å²) in [6.45, 7) is 10.6. The van der Waals surface area contributed by atoms with Gasteiger partial charge in [-0.3, -0.25) is 14.4 Å². The minimum atomic E-state index is -1.37. The number of ether oxygens (including phenoxy) is 1. The second-order valence-corrected chi connectivity index (χ2v) is 21.5. The molecule has 7 aliphatic carbocycles. The van der Waals surface area contributed by atoms with Crippen LogP contribution in [0.5, 0.6) is 0 Å². The van der Waals surface area contributed by atoms with Crippen molar-refractivity contribution in [3.05, 3.63) is 106 Å². The fourth-order valence-corrected chi connectivity index (χ4v) is 15.0. The lowest BCUT2D eigenvalue weighted by molar-refractivity contribution is -0.188. The van der Waals surface area contributed by atoms with Gasteiger partial charge in [-0.2, -0.15) is 0 Å². The number of aliphatic hydroxyl groups is 2. The molecule has 0 radical (unpaired) electrons. The summed E-state index contributed by atoms with van der Waals surface area (Å²) in [5, 5.41) is 26.9. The normalized spacial score (nSPS) is 40.5. The molecule has 7 nitrogen and oxygen atoms in total. The monoisotopic (exact) mass is 833 g/mol. The van der Waals surface area contributed by atoms with Gasteiger partial charge in [0.1, 0.15) is 5.82 Å². The van der Waals surface area contributed by atoms with E-state index >= 15 is 9.18 Å². The number of hydrogen-bond donors (Lipinski definition) is 2. The van der Waals surface area contributed by atoms with Gasteiger partial charge in [0.25, 0.3) is 5.91 Å². The zero-order chi connectivity index (χ0) is 42.5. The SMILES string of the molecule is CC1(C)[C@@]2(C)CC[C@]1(C(=O)N(Cc1cccc3ccccc13)C[C@]1(O)CC[C@H]3[C@]45C=C[C@@]6(C=C4C(=O)Cc4c(F)cccc4Cl)CC(O)CC[C@]6(C)[C@H]5CC[C@@]31C)OC2=O. The van der Waals surface area contributed by atoms with Crippen molar-refractivity contribution >= 4 is 40.0 Å². The average molecular weight is 834 g/mol. The molecule has 1 aliphatic heterocycles. The third-order valence-electron chi connectivity index (χ3n) is 18.8. The Labute approximate surface area is 357 Å². The van der Waals surface area contributed by atoms with E-state index in [4.69, 9.17) is 16.3 Å². The number of amides is 1. The largest absolute Gasteiger partial charge is 0.448 e. The number of hydrogen-bond acceptors (Lipinski definition) is 6. The molecule has 9 heteroatoms. The summed E-state index contributed by atoms with van der Waals surface area (Å²) in [6.07, 6.45) is 11.4. The third kappa shape index (κ3) is 4.87. The second-order valence-electron chi connectivity index (χ2n) is 21.1. The summed E-state index contributed by atoms with van der Waals surface area (Å²) in [7, 11) is 0. The number of halogens is 2. The molecule has 1 amide bonds. The van der Waals surface area contributed by atoms with Gasteiger partial charge in [0.15, 0.2) is 11.4 Å². The van der Waals surface area contributed by atoms with Crippen LogP contribution in [-0.4, -0.2) is 56.6 Å². The molecule has 2 N–H and O–H groups in total. The zero-order valence-electron chi connectivity index (χ0n) is 35.5. The van der Waals surface area contributed by atoms with Gasteiger partial charge in [-0.05, 0) is 110 Å². The van der Waals surface area contributed by atoms with Crippen LogP contribution in [-0.2, 0) is 32.1 Å². The number of nitrogens with zero attached hydrogens (tertiary/aromatic N) is 1. The van der Waals surface area contributed by atoms with E-state index in [0.717, 1.165) is 29.2 Å². The molecule has 1 saturated heterocycles. The zero-order valence-corrected chi connectivity index (χ0v) is 36.2. The molecule has 5 fully saturated rings. The van der Waals surface area contributed by atoms with Crippen LogP contribution in [0.4, 0.5) is 4.39 Å². The fraction of sp³-hybridized carbons (Fsp3) is 0.549. The van der Waals surface area contributed by atoms with E-state index in [1.807, 2.05) is 45.0 Å². The highest BCUT2D eigenvalue weighted by Gasteiger charge is 2.78. The molecule has 3 aromatic rings. The van der Waals surface area contributed by atoms with Crippen LogP contribution in [0.2, 0.25) is 5.02 Å². The molecule has 11 rings (SSSR count). The van der Waals surface area contributed by atoms with Crippen molar-refractivity contribution in [2.75, 3.05) is 6.54 Å². The maximum atomic E-state index is 15.5. The Kier molecular flexibility index (Phi) is 8.62. The number of rotatable bonds is 8. The average Bonchev–Trinajstić information content (AvgIpc) is 3.66. The molecule has 4 saturated carbocycles. The molecule has 2 spiro atoms. The predicted octanol–water partition coefficient (Wildman–Crippen LogP) is 9.49. The van der Waals surface area contributed by atoms with Crippen LogP contribution in [0.3, 0.4) is 0 Å². The van der Waals surface area contributed by atoms with Crippen LogP contribution >= 0.6 is 11.6 Å². The Balaban J connectivity index is 1.07. The first-order valence-electron chi connectivity index (χ1n) is 22.1. The van der Waals surface area contributed by atoms with Gasteiger partial charge in [0.2, 0.25) is 0 Å². The summed E-state index contributed by atoms with van der Waals surface area (Å²) in [4.78, 5) is 45.9. The van der Waals surface area contributed by atoms with Crippen molar-refractivity contribution in [3.8, 4) is 0 Å². The van der Waals surface area contributed by atoms with Crippen molar-refractivity contribution in [1.82, 2.24) is 4.90 Å². The maximum Gasteiger partial charge on any atom is 0.313 e. The Hall–Kier alpha value is -3.85. The van der Waals surface area contributed by atoms with Crippen LogP contribution in [0.25, 0.3) is 10.8 Å². The van der Waals surface area contributed by atoms with E-state index in [1.54, 1.807) is 17.0 Å². The molecular weight excluding hydrogens is 777 g/mol. The van der Waals surface area contributed by atoms with Gasteiger partial charge in [-0.25, -0.2) is 4.39 Å². The number of carbonyl (C=O) groups excluding carboxylic acids is 3. The minimum absolute atomic E-state index is 0.0316. The lowest BCUT2D eigenvalue weighted by Crippen LogP contribution is -2.68. The molecule has 8 aliphatic rings. The van der Waals surface area contributed by atoms with Gasteiger partial charge < -0.3 is 19.8 Å². The van der Waals surface area contributed by atoms with E-state index < -0.39 is 50.2 Å². The number of Topliss-reactive ketones (excluding diaryl/α,β-unsaturated/α-hetero) is 1. The molecule has 1 heterocycles. The summed E-state index contributed by atoms with van der Waals surface area (Å²) < 4.78 is 21.6. The van der Waals surface area contributed by atoms with Crippen LogP contribution in [0.1, 0.15) is 104 Å². The van der Waals surface area contributed by atoms with E-state index in [0.29, 0.717) is 50.5 Å². The van der Waals surface area contributed by atoms with E-state index in [1.165, 1.54) is 6.07 Å². The molecule has 60 heavy (non-hydrogen) atoms. The number of benzene rings is 3. The lowest BCUT2D eigenvalue weighted by atomic mass is 9.32. The van der Waals surface area contributed by atoms with Gasteiger partial charge in [0.05, 0.1) is 23.7 Å². The summed E-state index contributed by atoms with van der Waals surface area (Å²) in [5.74, 6) is -1.45. The van der Waals surface area contributed by atoms with E-state index in [-0.39, 0.29) is 65.0 Å². The van der Waals surface area contributed by atoms with E-state index in [9.17, 15) is 19.8 Å². The number of carbonyl (C=O) groups is 3. The van der Waals surface area contributed by atoms with E-state index in [2.05, 4.69) is 50.3 Å². The van der Waals surface area contributed by atoms with Crippen molar-refractivity contribution in [2.24, 2.45) is 44.3 Å². The van der Waals surface area contributed by atoms with Crippen molar-refractivity contribution in [2.45, 2.75) is 123 Å². The first kappa shape index (κ1) is 40.2. The number of ketones is 1. The number of fused-ring (bicyclic) bond motifs is 4. The molecule has 0 aromatic heterocycles. The summed E-state index contributed by atoms with van der Waals surface area (Å²) in [5.41, 5.74) is -4.84. The Morgan fingerprint density at radius 1 is 0.867 bits per heavy atom. The Morgan fingerprint density at radius 2 is 1.57 bits per heavy atom. The first-order chi connectivity index (χ1) is 28.3. The molecule has 10 atom stereocenters. The molecular formula is C51H57ClFNO6. The maximum absolute atomic E-state index is 15.5. The smallest absolute Gasteiger partial charge is 0.313 e. The highest BCUT2D eigenvalue weighted by atomic mass is 35.5. The standard InChI is InChI=1S/C51H57ClFNO6/c1-44(2)47(5)22-25-51(44,60-43(47)58)42(57)54(29-32-12-8-11-31-10-6-7-13-34(31)32)30-49(59)21-18-41-46(49,4)20-17-40-45(3)19-16-33(55)27-48(45)23-24-50(40,41)36(28-48)39(56)26-35-37(52)14-9-15-38(35)53/h6-15,23-24,28,33,40-41,55,59H,16-22,25-27,29-30H2,1-5H3/t33?,40-,41-,45-,46+,47+,48+,49-,50-,51-/m1/s1. The highest BCUT2D eigenvalue weighted by molar-refractivity contribution is 6.31.